The van der Waals surface area contributed by atoms with Crippen LogP contribution in [0, 0.1) is 13.8 Å². The number of hydrogen-bond donors (Lipinski definition) is 0. The van der Waals surface area contributed by atoms with Gasteiger partial charge in [0, 0.05) is 60.3 Å². The molecule has 0 spiro atoms. The third-order valence-corrected chi connectivity index (χ3v) is 6.22. The summed E-state index contributed by atoms with van der Waals surface area (Å²) in [7, 11) is 1.91. The number of rotatable bonds is 5. The quantitative estimate of drug-likeness (QED) is 0.353. The van der Waals surface area contributed by atoms with Crippen molar-refractivity contribution in [2.75, 3.05) is 0 Å². The summed E-state index contributed by atoms with van der Waals surface area (Å²) in [4.78, 5) is 14.3. The number of nitrogens with zero attached hydrogens (tertiary/aromatic N) is 7. The van der Waals surface area contributed by atoms with Crippen LogP contribution in [0.2, 0.25) is 0 Å². The van der Waals surface area contributed by atoms with Gasteiger partial charge in [-0.3, -0.25) is 19.6 Å². The van der Waals surface area contributed by atoms with Gasteiger partial charge < -0.3 is 9.09 Å². The van der Waals surface area contributed by atoms with Crippen LogP contribution < -0.4 is 0 Å². The second kappa shape index (κ2) is 8.32. The highest BCUT2D eigenvalue weighted by Gasteiger charge is 2.25. The molecule has 0 saturated carbocycles. The first-order valence-electron chi connectivity index (χ1n) is 11.3. The second-order valence-corrected chi connectivity index (χ2v) is 8.56. The van der Waals surface area contributed by atoms with E-state index in [2.05, 4.69) is 27.1 Å². The van der Waals surface area contributed by atoms with Crippen LogP contribution >= 0.6 is 0 Å². The number of aryl methyl sites for hydroxylation is 3. The van der Waals surface area contributed by atoms with Crippen LogP contribution in [0.5, 0.6) is 0 Å². The zero-order valence-corrected chi connectivity index (χ0v) is 19.6. The van der Waals surface area contributed by atoms with Crippen molar-refractivity contribution < 1.29 is 4.52 Å². The summed E-state index contributed by atoms with van der Waals surface area (Å²) in [6, 6.07) is 13.8. The van der Waals surface area contributed by atoms with Gasteiger partial charge in [-0.15, -0.1) is 0 Å². The smallest absolute Gasteiger partial charge is 0.141 e. The molecule has 8 heteroatoms. The summed E-state index contributed by atoms with van der Waals surface area (Å²) in [5.74, 6) is 0.764. The van der Waals surface area contributed by atoms with Crippen LogP contribution in [0.3, 0.4) is 0 Å². The molecule has 0 saturated heterocycles. The molecule has 0 fully saturated rings. The van der Waals surface area contributed by atoms with Crippen molar-refractivity contribution in [3.63, 3.8) is 0 Å². The van der Waals surface area contributed by atoms with Crippen molar-refractivity contribution in [3.8, 4) is 22.3 Å². The Morgan fingerprint density at radius 3 is 2.17 bits per heavy atom. The molecule has 0 aliphatic carbocycles. The monoisotopic (exact) mass is 461 g/mol. The van der Waals surface area contributed by atoms with Gasteiger partial charge in [0.05, 0.1) is 34.3 Å². The highest BCUT2D eigenvalue weighted by molar-refractivity contribution is 5.95. The highest BCUT2D eigenvalue weighted by atomic mass is 16.5. The third-order valence-electron chi connectivity index (χ3n) is 6.22. The molecule has 0 aliphatic heterocycles. The Bertz CT molecular complexity index is 1570. The Labute approximate surface area is 201 Å². The molecule has 0 aromatic carbocycles. The molecule has 6 heterocycles. The average molecular weight is 462 g/mol. The van der Waals surface area contributed by atoms with Crippen LogP contribution in [0.1, 0.15) is 28.9 Å². The van der Waals surface area contributed by atoms with E-state index in [1.165, 1.54) is 0 Å². The molecule has 0 amide bonds. The highest BCUT2D eigenvalue weighted by Crippen LogP contribution is 2.37. The average Bonchev–Trinajstić information content (AvgIpc) is 3.57. The van der Waals surface area contributed by atoms with Gasteiger partial charge in [0.1, 0.15) is 11.8 Å². The summed E-state index contributed by atoms with van der Waals surface area (Å²) in [6.45, 7) is 3.87. The maximum atomic E-state index is 5.44. The predicted octanol–water partition coefficient (Wildman–Crippen LogP) is 5.14. The molecule has 6 aromatic heterocycles. The predicted molar refractivity (Wildman–Crippen MR) is 133 cm³/mol. The zero-order chi connectivity index (χ0) is 23.9. The van der Waals surface area contributed by atoms with Gasteiger partial charge >= 0.3 is 0 Å². The fraction of sp³-hybridized carbons (Fsp3) is 0.148. The van der Waals surface area contributed by atoms with Gasteiger partial charge in [-0.25, -0.2) is 0 Å². The lowest BCUT2D eigenvalue weighted by Gasteiger charge is -2.19. The molecule has 172 valence electrons. The minimum absolute atomic E-state index is 0.243. The SMILES string of the molecule is Cc1noc(C)c1-c1cnc2c(-c3cnn(C)c3)cn(C(c3ccccn3)c3ccccn3)c2c1. The summed E-state index contributed by atoms with van der Waals surface area (Å²) < 4.78 is 9.44. The van der Waals surface area contributed by atoms with E-state index < -0.39 is 0 Å². The Balaban J connectivity index is 1.66. The summed E-state index contributed by atoms with van der Waals surface area (Å²) >= 11 is 0. The van der Waals surface area contributed by atoms with E-state index in [1.807, 2.05) is 88.3 Å². The third kappa shape index (κ3) is 3.59. The molecular formula is C27H23N7O. The second-order valence-electron chi connectivity index (χ2n) is 8.56. The standard InChI is InChI=1S/C27H23N7O/c1-17-25(18(2)35-32-17)19-12-24-26(30-13-19)21(20-14-31-33(3)15-20)16-34(24)27(22-8-4-6-10-28-22)23-9-5-7-11-29-23/h4-16,27H,1-3H3. The molecule has 35 heavy (non-hydrogen) atoms. The maximum Gasteiger partial charge on any atom is 0.141 e. The minimum Gasteiger partial charge on any atom is -0.361 e. The van der Waals surface area contributed by atoms with E-state index in [0.29, 0.717) is 0 Å². The molecule has 6 rings (SSSR count). The number of hydrogen-bond acceptors (Lipinski definition) is 6. The molecule has 0 aliphatic rings. The fourth-order valence-corrected chi connectivity index (χ4v) is 4.66. The lowest BCUT2D eigenvalue weighted by molar-refractivity contribution is 0.393. The van der Waals surface area contributed by atoms with Gasteiger partial charge in [-0.05, 0) is 44.2 Å². The van der Waals surface area contributed by atoms with Gasteiger partial charge in [-0.2, -0.15) is 5.10 Å². The van der Waals surface area contributed by atoms with Crippen molar-refractivity contribution in [3.05, 3.63) is 102 Å². The van der Waals surface area contributed by atoms with Gasteiger partial charge in [-0.1, -0.05) is 17.3 Å². The van der Waals surface area contributed by atoms with Crippen molar-refractivity contribution in [1.29, 1.82) is 0 Å². The van der Waals surface area contributed by atoms with Crippen LogP contribution in [-0.2, 0) is 7.05 Å². The zero-order valence-electron chi connectivity index (χ0n) is 19.6. The molecule has 0 unspecified atom stereocenters. The van der Waals surface area contributed by atoms with E-state index in [0.717, 1.165) is 56.1 Å². The molecule has 0 atom stereocenters. The lowest BCUT2D eigenvalue weighted by Crippen LogP contribution is -2.14. The Morgan fingerprint density at radius 2 is 1.60 bits per heavy atom. The Morgan fingerprint density at radius 1 is 0.857 bits per heavy atom. The molecule has 0 bridgehead atoms. The van der Waals surface area contributed by atoms with Crippen LogP contribution in [-0.4, -0.2) is 34.5 Å². The molecule has 0 radical (unpaired) electrons. The first-order valence-corrected chi connectivity index (χ1v) is 11.3. The lowest BCUT2D eigenvalue weighted by atomic mass is 10.0. The minimum atomic E-state index is -0.243. The first kappa shape index (κ1) is 21.0. The van der Waals surface area contributed by atoms with Crippen molar-refractivity contribution in [1.82, 2.24) is 34.5 Å². The van der Waals surface area contributed by atoms with Gasteiger partial charge in [0.25, 0.3) is 0 Å². The van der Waals surface area contributed by atoms with Crippen LogP contribution in [0.25, 0.3) is 33.3 Å². The summed E-state index contributed by atoms with van der Waals surface area (Å²) in [5, 5.41) is 8.53. The van der Waals surface area contributed by atoms with Gasteiger partial charge in [0.2, 0.25) is 0 Å². The van der Waals surface area contributed by atoms with Crippen LogP contribution in [0.15, 0.2) is 84.2 Å². The largest absolute Gasteiger partial charge is 0.361 e. The Hall–Kier alpha value is -4.59. The number of fused-ring (bicyclic) bond motifs is 1. The van der Waals surface area contributed by atoms with Crippen LogP contribution in [0.4, 0.5) is 0 Å². The van der Waals surface area contributed by atoms with E-state index in [1.54, 1.807) is 4.68 Å². The van der Waals surface area contributed by atoms with E-state index in [4.69, 9.17) is 19.5 Å². The fourth-order valence-electron chi connectivity index (χ4n) is 4.66. The number of pyridine rings is 3. The topological polar surface area (TPSA) is 87.5 Å². The van der Waals surface area contributed by atoms with E-state index in [9.17, 15) is 0 Å². The first-order chi connectivity index (χ1) is 17.1. The van der Waals surface area contributed by atoms with E-state index in [-0.39, 0.29) is 6.04 Å². The molecule has 0 N–H and O–H groups in total. The molecule has 8 nitrogen and oxygen atoms in total. The molecular weight excluding hydrogens is 438 g/mol. The summed E-state index contributed by atoms with van der Waals surface area (Å²) in [5.41, 5.74) is 8.36. The maximum absolute atomic E-state index is 5.44. The Kier molecular flexibility index (Phi) is 4.99. The van der Waals surface area contributed by atoms with E-state index >= 15 is 0 Å². The summed E-state index contributed by atoms with van der Waals surface area (Å²) in [6.07, 6.45) is 11.5. The van der Waals surface area contributed by atoms with Gasteiger partial charge in [0.15, 0.2) is 0 Å². The van der Waals surface area contributed by atoms with Crippen molar-refractivity contribution in [2.24, 2.45) is 7.05 Å². The number of aromatic nitrogens is 7. The van der Waals surface area contributed by atoms with Crippen molar-refractivity contribution >= 4 is 11.0 Å². The van der Waals surface area contributed by atoms with Crippen molar-refractivity contribution in [2.45, 2.75) is 19.9 Å². The molecule has 6 aromatic rings. The normalized spacial score (nSPS) is 11.5.